The first-order chi connectivity index (χ1) is 12.5. The molecule has 2 atom stereocenters. The predicted octanol–water partition coefficient (Wildman–Crippen LogP) is 3.49. The van der Waals surface area contributed by atoms with E-state index in [9.17, 15) is 9.90 Å². The molecule has 1 fully saturated rings. The number of methoxy groups -OCH3 is 1. The van der Waals surface area contributed by atoms with E-state index < -0.39 is 12.1 Å². The SMILES string of the molecule is COC(=O)c1cc(Br)cnc1NCCC(NC1CCCCCC1)C(C)O. The zero-order valence-corrected chi connectivity index (χ0v) is 17.2. The van der Waals surface area contributed by atoms with Gasteiger partial charge in [-0.1, -0.05) is 25.7 Å². The van der Waals surface area contributed by atoms with Crippen molar-refractivity contribution in [2.24, 2.45) is 0 Å². The van der Waals surface area contributed by atoms with Crippen LogP contribution in [0.25, 0.3) is 0 Å². The summed E-state index contributed by atoms with van der Waals surface area (Å²) in [7, 11) is 1.35. The minimum Gasteiger partial charge on any atom is -0.465 e. The molecule has 1 saturated carbocycles. The Morgan fingerprint density at radius 1 is 1.38 bits per heavy atom. The number of halogens is 1. The van der Waals surface area contributed by atoms with Gasteiger partial charge in [0.05, 0.1) is 13.2 Å². The van der Waals surface area contributed by atoms with Crippen LogP contribution in [0.1, 0.15) is 62.2 Å². The lowest BCUT2D eigenvalue weighted by atomic mass is 10.0. The highest BCUT2D eigenvalue weighted by Crippen LogP contribution is 2.20. The fourth-order valence-corrected chi connectivity index (χ4v) is 3.74. The van der Waals surface area contributed by atoms with Crippen LogP contribution in [0.3, 0.4) is 0 Å². The number of aromatic nitrogens is 1. The van der Waals surface area contributed by atoms with E-state index in [2.05, 4.69) is 31.5 Å². The Labute approximate surface area is 164 Å². The summed E-state index contributed by atoms with van der Waals surface area (Å²) < 4.78 is 5.54. The van der Waals surface area contributed by atoms with Gasteiger partial charge in [-0.05, 0) is 48.2 Å². The third-order valence-electron chi connectivity index (χ3n) is 4.89. The Morgan fingerprint density at radius 3 is 2.69 bits per heavy atom. The van der Waals surface area contributed by atoms with Gasteiger partial charge in [0.25, 0.3) is 0 Å². The van der Waals surface area contributed by atoms with Crippen LogP contribution in [0, 0.1) is 0 Å². The lowest BCUT2D eigenvalue weighted by molar-refractivity contribution is 0.0601. The second-order valence-electron chi connectivity index (χ2n) is 6.96. The third-order valence-corrected chi connectivity index (χ3v) is 5.33. The van der Waals surface area contributed by atoms with E-state index in [1.54, 1.807) is 12.3 Å². The monoisotopic (exact) mass is 427 g/mol. The van der Waals surface area contributed by atoms with Gasteiger partial charge in [-0.3, -0.25) is 0 Å². The van der Waals surface area contributed by atoms with Gasteiger partial charge in [-0.25, -0.2) is 9.78 Å². The van der Waals surface area contributed by atoms with Crippen LogP contribution in [0.5, 0.6) is 0 Å². The molecule has 2 unspecified atom stereocenters. The first kappa shape index (κ1) is 21.1. The van der Waals surface area contributed by atoms with Gasteiger partial charge in [0.1, 0.15) is 11.4 Å². The number of aliphatic hydroxyl groups is 1. The average molecular weight is 428 g/mol. The molecule has 1 aromatic rings. The Bertz CT molecular complexity index is 575. The second kappa shape index (κ2) is 10.8. The molecule has 0 bridgehead atoms. The molecule has 0 radical (unpaired) electrons. The van der Waals surface area contributed by atoms with Crippen molar-refractivity contribution in [3.63, 3.8) is 0 Å². The number of anilines is 1. The second-order valence-corrected chi connectivity index (χ2v) is 7.87. The van der Waals surface area contributed by atoms with E-state index in [0.717, 1.165) is 10.9 Å². The summed E-state index contributed by atoms with van der Waals surface area (Å²) in [6, 6.07) is 2.19. The van der Waals surface area contributed by atoms with Gasteiger partial charge in [0.15, 0.2) is 0 Å². The number of nitrogens with zero attached hydrogens (tertiary/aromatic N) is 1. The molecular weight excluding hydrogens is 398 g/mol. The van der Waals surface area contributed by atoms with E-state index in [0.29, 0.717) is 24.0 Å². The predicted molar refractivity (Wildman–Crippen MR) is 106 cm³/mol. The summed E-state index contributed by atoms with van der Waals surface area (Å²) in [5, 5.41) is 17.0. The molecule has 1 aliphatic carbocycles. The maximum absolute atomic E-state index is 11.9. The summed E-state index contributed by atoms with van der Waals surface area (Å²) in [6.45, 7) is 2.43. The topological polar surface area (TPSA) is 83.5 Å². The Kier molecular flexibility index (Phi) is 8.81. The highest BCUT2D eigenvalue weighted by molar-refractivity contribution is 9.10. The average Bonchev–Trinajstić information content (AvgIpc) is 2.89. The van der Waals surface area contributed by atoms with Gasteiger partial charge in [-0.15, -0.1) is 0 Å². The maximum Gasteiger partial charge on any atom is 0.341 e. The van der Waals surface area contributed by atoms with E-state index in [4.69, 9.17) is 4.74 Å². The minimum atomic E-state index is -0.432. The van der Waals surface area contributed by atoms with Gasteiger partial charge in [0.2, 0.25) is 0 Å². The number of nitrogens with one attached hydrogen (secondary N) is 2. The third kappa shape index (κ3) is 6.52. The van der Waals surface area contributed by atoms with Gasteiger partial charge < -0.3 is 20.5 Å². The number of hydrogen-bond donors (Lipinski definition) is 3. The van der Waals surface area contributed by atoms with E-state index in [1.165, 1.54) is 45.6 Å². The van der Waals surface area contributed by atoms with Crippen LogP contribution in [0.2, 0.25) is 0 Å². The van der Waals surface area contributed by atoms with Crippen molar-refractivity contribution in [2.75, 3.05) is 19.0 Å². The number of rotatable bonds is 8. The van der Waals surface area contributed by atoms with Crippen molar-refractivity contribution < 1.29 is 14.6 Å². The molecule has 1 heterocycles. The first-order valence-corrected chi connectivity index (χ1v) is 10.2. The lowest BCUT2D eigenvalue weighted by Gasteiger charge is -2.27. The normalized spacial score (nSPS) is 18.0. The van der Waals surface area contributed by atoms with Crippen LogP contribution in [-0.4, -0.2) is 47.9 Å². The van der Waals surface area contributed by atoms with Gasteiger partial charge in [0, 0.05) is 29.3 Å². The zero-order chi connectivity index (χ0) is 18.9. The maximum atomic E-state index is 11.9. The fourth-order valence-electron chi connectivity index (χ4n) is 3.40. The Hall–Kier alpha value is -1.18. The molecule has 0 spiro atoms. The van der Waals surface area contributed by atoms with Crippen molar-refractivity contribution in [1.29, 1.82) is 0 Å². The van der Waals surface area contributed by atoms with Crippen LogP contribution < -0.4 is 10.6 Å². The van der Waals surface area contributed by atoms with Crippen molar-refractivity contribution in [2.45, 2.75) is 70.1 Å². The van der Waals surface area contributed by atoms with E-state index >= 15 is 0 Å². The molecule has 3 N–H and O–H groups in total. The smallest absolute Gasteiger partial charge is 0.341 e. The molecule has 0 aromatic carbocycles. The van der Waals surface area contributed by atoms with Crippen LogP contribution in [0.15, 0.2) is 16.7 Å². The summed E-state index contributed by atoms with van der Waals surface area (Å²) in [6.07, 6.45) is 9.45. The molecule has 0 aliphatic heterocycles. The highest BCUT2D eigenvalue weighted by Gasteiger charge is 2.21. The van der Waals surface area contributed by atoms with Crippen molar-refractivity contribution in [1.82, 2.24) is 10.3 Å². The minimum absolute atomic E-state index is 0.0163. The van der Waals surface area contributed by atoms with Gasteiger partial charge in [-0.2, -0.15) is 0 Å². The number of aliphatic hydroxyl groups excluding tert-OH is 1. The van der Waals surface area contributed by atoms with Crippen molar-refractivity contribution in [3.05, 3.63) is 22.3 Å². The van der Waals surface area contributed by atoms with Crippen LogP contribution >= 0.6 is 15.9 Å². The molecule has 1 aromatic heterocycles. The quantitative estimate of drug-likeness (QED) is 0.434. The fraction of sp³-hybridized carbons (Fsp3) is 0.684. The van der Waals surface area contributed by atoms with Crippen LogP contribution in [-0.2, 0) is 4.74 Å². The standard InChI is InChI=1S/C19H30BrN3O3/c1-13(24)17(23-15-7-5-3-4-6-8-15)9-10-21-18-16(19(25)26-2)11-14(20)12-22-18/h11-13,15,17,23-24H,3-10H2,1-2H3,(H,21,22). The van der Waals surface area contributed by atoms with Crippen molar-refractivity contribution >= 4 is 27.7 Å². The molecule has 7 heteroatoms. The number of hydrogen-bond acceptors (Lipinski definition) is 6. The van der Waals surface area contributed by atoms with E-state index in [-0.39, 0.29) is 6.04 Å². The Morgan fingerprint density at radius 2 is 2.08 bits per heavy atom. The molecule has 1 aliphatic rings. The summed E-state index contributed by atoms with van der Waals surface area (Å²) in [5.41, 5.74) is 0.396. The van der Waals surface area contributed by atoms with Gasteiger partial charge >= 0.3 is 5.97 Å². The number of carbonyl (C=O) groups excluding carboxylic acids is 1. The molecule has 146 valence electrons. The number of ether oxygens (including phenoxy) is 1. The zero-order valence-electron chi connectivity index (χ0n) is 15.6. The molecule has 6 nitrogen and oxygen atoms in total. The van der Waals surface area contributed by atoms with Crippen LogP contribution in [0.4, 0.5) is 5.82 Å². The largest absolute Gasteiger partial charge is 0.465 e. The number of pyridine rings is 1. The summed E-state index contributed by atoms with van der Waals surface area (Å²) in [4.78, 5) is 16.2. The molecular formula is C19H30BrN3O3. The molecule has 2 rings (SSSR count). The summed E-state index contributed by atoms with van der Waals surface area (Å²) >= 11 is 3.32. The summed E-state index contributed by atoms with van der Waals surface area (Å²) in [5.74, 6) is 0.0730. The van der Waals surface area contributed by atoms with Crippen molar-refractivity contribution in [3.8, 4) is 0 Å². The highest BCUT2D eigenvalue weighted by atomic mass is 79.9. The van der Waals surface area contributed by atoms with E-state index in [1.807, 2.05) is 6.92 Å². The first-order valence-electron chi connectivity index (χ1n) is 9.43. The molecule has 0 amide bonds. The Balaban J connectivity index is 1.92. The molecule has 0 saturated heterocycles. The lowest BCUT2D eigenvalue weighted by Crippen LogP contribution is -2.45. The number of esters is 1. The number of carbonyl (C=O) groups is 1. The molecule has 26 heavy (non-hydrogen) atoms.